The van der Waals surface area contributed by atoms with Gasteiger partial charge in [-0.3, -0.25) is 4.79 Å². The Hall–Kier alpha value is -1.29. The maximum absolute atomic E-state index is 12.8. The highest BCUT2D eigenvalue weighted by molar-refractivity contribution is 6.30. The quantitative estimate of drug-likeness (QED) is 0.806. The molecule has 0 fully saturated rings. The maximum Gasteiger partial charge on any atom is 0.255 e. The lowest BCUT2D eigenvalue weighted by Gasteiger charge is -2.03. The highest BCUT2D eigenvalue weighted by Crippen LogP contribution is 2.19. The standard InChI is InChI=1S/C8H7ClFNO2/c9-6-2-1-5(3-7(6)10)13-4-8(11)12/h1-3H,4H2,(H2,11,12). The van der Waals surface area contributed by atoms with E-state index in [0.717, 1.165) is 6.07 Å². The molecule has 0 saturated carbocycles. The zero-order valence-electron chi connectivity index (χ0n) is 6.59. The molecular weight excluding hydrogens is 197 g/mol. The van der Waals surface area contributed by atoms with E-state index in [1.807, 2.05) is 0 Å². The van der Waals surface area contributed by atoms with Crippen LogP contribution < -0.4 is 10.5 Å². The van der Waals surface area contributed by atoms with Crippen LogP contribution in [-0.2, 0) is 4.79 Å². The van der Waals surface area contributed by atoms with E-state index in [9.17, 15) is 9.18 Å². The summed E-state index contributed by atoms with van der Waals surface area (Å²) in [7, 11) is 0. The Kier molecular flexibility index (Phi) is 3.08. The molecule has 0 radical (unpaired) electrons. The Balaban J connectivity index is 2.68. The summed E-state index contributed by atoms with van der Waals surface area (Å²) in [6, 6.07) is 3.88. The number of hydrogen-bond donors (Lipinski definition) is 1. The van der Waals surface area contributed by atoms with Crippen LogP contribution in [0.1, 0.15) is 0 Å². The SMILES string of the molecule is NC(=O)COc1ccc(Cl)c(F)c1. The number of rotatable bonds is 3. The molecule has 13 heavy (non-hydrogen) atoms. The summed E-state index contributed by atoms with van der Waals surface area (Å²) in [4.78, 5) is 10.3. The van der Waals surface area contributed by atoms with Crippen LogP contribution >= 0.6 is 11.6 Å². The van der Waals surface area contributed by atoms with E-state index >= 15 is 0 Å². The summed E-state index contributed by atoms with van der Waals surface area (Å²) in [6.07, 6.45) is 0. The van der Waals surface area contributed by atoms with Crippen molar-refractivity contribution in [2.45, 2.75) is 0 Å². The van der Waals surface area contributed by atoms with Crippen LogP contribution in [0.2, 0.25) is 5.02 Å². The number of halogens is 2. The predicted octanol–water partition coefficient (Wildman–Crippen LogP) is 1.34. The zero-order chi connectivity index (χ0) is 9.84. The first-order valence-corrected chi connectivity index (χ1v) is 3.83. The molecule has 0 heterocycles. The van der Waals surface area contributed by atoms with Gasteiger partial charge in [0.15, 0.2) is 6.61 Å². The van der Waals surface area contributed by atoms with Crippen LogP contribution in [-0.4, -0.2) is 12.5 Å². The third-order valence-corrected chi connectivity index (χ3v) is 1.58. The minimum atomic E-state index is -0.615. The summed E-state index contributed by atoms with van der Waals surface area (Å²) in [6.45, 7) is -0.277. The topological polar surface area (TPSA) is 52.3 Å². The maximum atomic E-state index is 12.8. The molecule has 0 aliphatic rings. The van der Waals surface area contributed by atoms with E-state index in [2.05, 4.69) is 0 Å². The van der Waals surface area contributed by atoms with Crippen LogP contribution in [0.4, 0.5) is 4.39 Å². The molecule has 3 nitrogen and oxygen atoms in total. The second-order valence-corrected chi connectivity index (χ2v) is 2.74. The van der Waals surface area contributed by atoms with Crippen molar-refractivity contribution >= 4 is 17.5 Å². The van der Waals surface area contributed by atoms with Crippen molar-refractivity contribution in [1.82, 2.24) is 0 Å². The fraction of sp³-hybridized carbons (Fsp3) is 0.125. The predicted molar refractivity (Wildman–Crippen MR) is 46.1 cm³/mol. The Morgan fingerprint density at radius 2 is 2.31 bits per heavy atom. The van der Waals surface area contributed by atoms with Gasteiger partial charge in [0.2, 0.25) is 0 Å². The molecule has 1 aromatic rings. The molecule has 0 aliphatic carbocycles. The van der Waals surface area contributed by atoms with Crippen molar-refractivity contribution in [3.63, 3.8) is 0 Å². The molecule has 0 bridgehead atoms. The van der Waals surface area contributed by atoms with Crippen LogP contribution in [0.3, 0.4) is 0 Å². The first kappa shape index (κ1) is 9.80. The zero-order valence-corrected chi connectivity index (χ0v) is 7.34. The number of nitrogens with two attached hydrogens (primary N) is 1. The van der Waals surface area contributed by atoms with E-state index in [-0.39, 0.29) is 17.4 Å². The van der Waals surface area contributed by atoms with Crippen molar-refractivity contribution in [2.24, 2.45) is 5.73 Å². The van der Waals surface area contributed by atoms with Crippen LogP contribution in [0, 0.1) is 5.82 Å². The minimum Gasteiger partial charge on any atom is -0.484 e. The number of carbonyl (C=O) groups excluding carboxylic acids is 1. The molecule has 0 atom stereocenters. The fourth-order valence-electron chi connectivity index (χ4n) is 0.721. The van der Waals surface area contributed by atoms with E-state index in [4.69, 9.17) is 22.1 Å². The Morgan fingerprint density at radius 3 is 2.85 bits per heavy atom. The lowest BCUT2D eigenvalue weighted by molar-refractivity contribution is -0.119. The summed E-state index contributed by atoms with van der Waals surface area (Å²) in [5.74, 6) is -0.986. The van der Waals surface area contributed by atoms with Gasteiger partial charge in [-0.1, -0.05) is 11.6 Å². The minimum absolute atomic E-state index is 0.00595. The van der Waals surface area contributed by atoms with Crippen molar-refractivity contribution in [3.05, 3.63) is 29.0 Å². The Morgan fingerprint density at radius 1 is 1.62 bits per heavy atom. The molecule has 0 aromatic heterocycles. The molecule has 5 heteroatoms. The average molecular weight is 204 g/mol. The van der Waals surface area contributed by atoms with Crippen molar-refractivity contribution in [1.29, 1.82) is 0 Å². The van der Waals surface area contributed by atoms with Gasteiger partial charge in [0.05, 0.1) is 5.02 Å². The first-order valence-electron chi connectivity index (χ1n) is 3.46. The fourth-order valence-corrected chi connectivity index (χ4v) is 0.839. The average Bonchev–Trinajstić information content (AvgIpc) is 2.07. The summed E-state index contributed by atoms with van der Waals surface area (Å²) in [5.41, 5.74) is 4.82. The molecule has 1 aromatic carbocycles. The smallest absolute Gasteiger partial charge is 0.255 e. The molecule has 0 aliphatic heterocycles. The first-order chi connectivity index (χ1) is 6.09. The molecule has 0 unspecified atom stereocenters. The third-order valence-electron chi connectivity index (χ3n) is 1.27. The van der Waals surface area contributed by atoms with E-state index < -0.39 is 11.7 Å². The lowest BCUT2D eigenvalue weighted by atomic mass is 10.3. The molecular formula is C8H7ClFNO2. The van der Waals surface area contributed by atoms with Gasteiger partial charge in [-0.05, 0) is 12.1 Å². The molecule has 70 valence electrons. The highest BCUT2D eigenvalue weighted by Gasteiger charge is 2.02. The molecule has 1 amide bonds. The van der Waals surface area contributed by atoms with Gasteiger partial charge < -0.3 is 10.5 Å². The van der Waals surface area contributed by atoms with Crippen LogP contribution in [0.15, 0.2) is 18.2 Å². The van der Waals surface area contributed by atoms with E-state index in [1.165, 1.54) is 12.1 Å². The number of carbonyl (C=O) groups is 1. The van der Waals surface area contributed by atoms with Crippen molar-refractivity contribution in [2.75, 3.05) is 6.61 Å². The second-order valence-electron chi connectivity index (χ2n) is 2.33. The Bertz CT molecular complexity index is 330. The van der Waals surface area contributed by atoms with Crippen molar-refractivity contribution < 1.29 is 13.9 Å². The molecule has 2 N–H and O–H groups in total. The third kappa shape index (κ3) is 2.91. The number of hydrogen-bond acceptors (Lipinski definition) is 2. The van der Waals surface area contributed by atoms with Gasteiger partial charge in [-0.25, -0.2) is 4.39 Å². The highest BCUT2D eigenvalue weighted by atomic mass is 35.5. The largest absolute Gasteiger partial charge is 0.484 e. The van der Waals surface area contributed by atoms with Gasteiger partial charge in [0.25, 0.3) is 5.91 Å². The molecule has 0 saturated heterocycles. The number of benzene rings is 1. The Labute approximate surface area is 79.2 Å². The van der Waals surface area contributed by atoms with Crippen LogP contribution in [0.5, 0.6) is 5.75 Å². The van der Waals surface area contributed by atoms with Gasteiger partial charge in [-0.15, -0.1) is 0 Å². The monoisotopic (exact) mass is 203 g/mol. The van der Waals surface area contributed by atoms with E-state index in [0.29, 0.717) is 0 Å². The number of ether oxygens (including phenoxy) is 1. The summed E-state index contributed by atoms with van der Waals surface area (Å²) >= 11 is 5.42. The van der Waals surface area contributed by atoms with Gasteiger partial charge in [-0.2, -0.15) is 0 Å². The number of primary amides is 1. The normalized spacial score (nSPS) is 9.69. The lowest BCUT2D eigenvalue weighted by Crippen LogP contribution is -2.20. The molecule has 1 rings (SSSR count). The van der Waals surface area contributed by atoms with E-state index in [1.54, 1.807) is 0 Å². The second kappa shape index (κ2) is 4.09. The van der Waals surface area contributed by atoms with Gasteiger partial charge >= 0.3 is 0 Å². The van der Waals surface area contributed by atoms with Gasteiger partial charge in [0.1, 0.15) is 11.6 Å². The summed E-state index contributed by atoms with van der Waals surface area (Å²) < 4.78 is 17.6. The summed E-state index contributed by atoms with van der Waals surface area (Å²) in [5, 5.41) is 0.00595. The number of amides is 1. The molecule has 0 spiro atoms. The van der Waals surface area contributed by atoms with Gasteiger partial charge in [0, 0.05) is 6.07 Å². The van der Waals surface area contributed by atoms with Crippen molar-refractivity contribution in [3.8, 4) is 5.75 Å². The van der Waals surface area contributed by atoms with Crippen LogP contribution in [0.25, 0.3) is 0 Å².